The van der Waals surface area contributed by atoms with Crippen LogP contribution in [0.3, 0.4) is 0 Å². The first-order valence-corrected chi connectivity index (χ1v) is 12.2. The van der Waals surface area contributed by atoms with Crippen molar-refractivity contribution in [1.82, 2.24) is 0 Å². The van der Waals surface area contributed by atoms with E-state index in [4.69, 9.17) is 27.9 Å². The van der Waals surface area contributed by atoms with Crippen LogP contribution in [0.15, 0.2) is 0 Å². The third kappa shape index (κ3) is 11.9. The van der Waals surface area contributed by atoms with Gasteiger partial charge >= 0.3 is 0 Å². The van der Waals surface area contributed by atoms with Crippen molar-refractivity contribution < 1.29 is 14.9 Å². The SMILES string of the molecule is CCCCC(CC)C(CC(O)CCl)OC(CC(O)CCl)C(CC)CCCC. The molecule has 0 fully saturated rings. The zero-order valence-electron chi connectivity index (χ0n) is 18.0. The molecule has 3 nitrogen and oxygen atoms in total. The van der Waals surface area contributed by atoms with Crippen molar-refractivity contribution in [1.29, 1.82) is 0 Å². The molecule has 0 spiro atoms. The van der Waals surface area contributed by atoms with E-state index in [-0.39, 0.29) is 24.0 Å². The van der Waals surface area contributed by atoms with Gasteiger partial charge in [-0.05, 0) is 24.7 Å². The molecule has 0 rings (SSSR count). The standard InChI is InChI=1S/C22H44Cl2O3/c1-5-9-11-17(7-3)21(13-19(25)15-23)27-22(14-20(26)16-24)18(8-4)12-10-6-2/h17-22,25-26H,5-16H2,1-4H3. The molecule has 0 aromatic heterocycles. The van der Waals surface area contributed by atoms with Gasteiger partial charge in [-0.3, -0.25) is 0 Å². The van der Waals surface area contributed by atoms with E-state index in [0.717, 1.165) is 51.4 Å². The fourth-order valence-electron chi connectivity index (χ4n) is 3.84. The summed E-state index contributed by atoms with van der Waals surface area (Å²) in [5, 5.41) is 20.4. The second-order valence-corrected chi connectivity index (χ2v) is 8.54. The lowest BCUT2D eigenvalue weighted by Crippen LogP contribution is -2.38. The van der Waals surface area contributed by atoms with Gasteiger partial charge in [0.2, 0.25) is 0 Å². The zero-order valence-corrected chi connectivity index (χ0v) is 19.5. The van der Waals surface area contributed by atoms with E-state index in [2.05, 4.69) is 27.7 Å². The molecule has 0 radical (unpaired) electrons. The summed E-state index contributed by atoms with van der Waals surface area (Å²) >= 11 is 11.8. The Balaban J connectivity index is 5.36. The van der Waals surface area contributed by atoms with Gasteiger partial charge in [0.25, 0.3) is 0 Å². The molecule has 0 aromatic carbocycles. The highest BCUT2D eigenvalue weighted by molar-refractivity contribution is 6.18. The summed E-state index contributed by atoms with van der Waals surface area (Å²) in [4.78, 5) is 0. The molecule has 0 aliphatic rings. The van der Waals surface area contributed by atoms with Gasteiger partial charge in [0.1, 0.15) is 0 Å². The Morgan fingerprint density at radius 3 is 1.33 bits per heavy atom. The number of aliphatic hydroxyl groups is 2. The smallest absolute Gasteiger partial charge is 0.0700 e. The molecule has 27 heavy (non-hydrogen) atoms. The summed E-state index contributed by atoms with van der Waals surface area (Å²) in [6, 6.07) is 0. The van der Waals surface area contributed by atoms with E-state index in [1.54, 1.807) is 0 Å². The Kier molecular flexibility index (Phi) is 17.6. The molecule has 0 bridgehead atoms. The third-order valence-electron chi connectivity index (χ3n) is 5.67. The minimum Gasteiger partial charge on any atom is -0.392 e. The van der Waals surface area contributed by atoms with Crippen LogP contribution in [0, 0.1) is 11.8 Å². The summed E-state index contributed by atoms with van der Waals surface area (Å²) in [6.45, 7) is 8.79. The highest BCUT2D eigenvalue weighted by Crippen LogP contribution is 2.30. The lowest BCUT2D eigenvalue weighted by atomic mass is 9.87. The van der Waals surface area contributed by atoms with Crippen LogP contribution < -0.4 is 0 Å². The molecule has 0 amide bonds. The maximum absolute atomic E-state index is 10.2. The molecule has 0 aromatic rings. The van der Waals surface area contributed by atoms with Crippen LogP contribution in [0.5, 0.6) is 0 Å². The second-order valence-electron chi connectivity index (χ2n) is 7.92. The number of alkyl halides is 2. The first kappa shape index (κ1) is 27.5. The Morgan fingerprint density at radius 2 is 1.07 bits per heavy atom. The van der Waals surface area contributed by atoms with E-state index < -0.39 is 12.2 Å². The van der Waals surface area contributed by atoms with Gasteiger partial charge in [0, 0.05) is 24.6 Å². The molecule has 5 heteroatoms. The topological polar surface area (TPSA) is 49.7 Å². The van der Waals surface area contributed by atoms with Crippen molar-refractivity contribution in [2.24, 2.45) is 11.8 Å². The largest absolute Gasteiger partial charge is 0.392 e. The molecular weight excluding hydrogens is 383 g/mol. The second kappa shape index (κ2) is 17.3. The van der Waals surface area contributed by atoms with Crippen LogP contribution in [-0.4, -0.2) is 46.4 Å². The number of rotatable bonds is 18. The minimum atomic E-state index is -0.554. The van der Waals surface area contributed by atoms with Gasteiger partial charge in [-0.1, -0.05) is 66.2 Å². The Labute approximate surface area is 178 Å². The summed E-state index contributed by atoms with van der Waals surface area (Å²) in [7, 11) is 0. The number of unbranched alkanes of at least 4 members (excludes halogenated alkanes) is 2. The maximum atomic E-state index is 10.2. The Hall–Kier alpha value is 0.460. The van der Waals surface area contributed by atoms with E-state index >= 15 is 0 Å². The third-order valence-corrected chi connectivity index (χ3v) is 6.38. The van der Waals surface area contributed by atoms with E-state index in [9.17, 15) is 10.2 Å². The van der Waals surface area contributed by atoms with Gasteiger partial charge in [-0.25, -0.2) is 0 Å². The lowest BCUT2D eigenvalue weighted by Gasteiger charge is -2.36. The summed E-state index contributed by atoms with van der Waals surface area (Å²) < 4.78 is 6.66. The van der Waals surface area contributed by atoms with Gasteiger partial charge in [0.15, 0.2) is 0 Å². The summed E-state index contributed by atoms with van der Waals surface area (Å²) in [6.07, 6.45) is 8.84. The van der Waals surface area contributed by atoms with E-state index in [0.29, 0.717) is 24.7 Å². The van der Waals surface area contributed by atoms with Crippen molar-refractivity contribution in [3.63, 3.8) is 0 Å². The minimum absolute atomic E-state index is 0.0292. The molecule has 0 heterocycles. The number of ether oxygens (including phenoxy) is 1. The van der Waals surface area contributed by atoms with Crippen LogP contribution >= 0.6 is 23.2 Å². The number of hydrogen-bond donors (Lipinski definition) is 2. The molecular formula is C22H44Cl2O3. The fraction of sp³-hybridized carbons (Fsp3) is 1.00. The molecule has 0 saturated carbocycles. The summed E-state index contributed by atoms with van der Waals surface area (Å²) in [5.41, 5.74) is 0. The fourth-order valence-corrected chi connectivity index (χ4v) is 4.10. The average Bonchev–Trinajstić information content (AvgIpc) is 2.68. The molecule has 164 valence electrons. The quantitative estimate of drug-likeness (QED) is 0.258. The highest BCUT2D eigenvalue weighted by Gasteiger charge is 2.30. The molecule has 0 saturated heterocycles. The Morgan fingerprint density at radius 1 is 0.704 bits per heavy atom. The van der Waals surface area contributed by atoms with Crippen molar-refractivity contribution in [2.45, 2.75) is 116 Å². The normalized spacial score (nSPS) is 18.7. The lowest BCUT2D eigenvalue weighted by molar-refractivity contribution is -0.101. The number of aliphatic hydroxyl groups excluding tert-OH is 2. The van der Waals surface area contributed by atoms with E-state index in [1.165, 1.54) is 0 Å². The molecule has 0 aliphatic carbocycles. The van der Waals surface area contributed by atoms with Crippen LogP contribution in [0.4, 0.5) is 0 Å². The van der Waals surface area contributed by atoms with Crippen molar-refractivity contribution >= 4 is 23.2 Å². The molecule has 6 atom stereocenters. The van der Waals surface area contributed by atoms with Gasteiger partial charge in [0.05, 0.1) is 24.4 Å². The molecule has 6 unspecified atom stereocenters. The highest BCUT2D eigenvalue weighted by atomic mass is 35.5. The maximum Gasteiger partial charge on any atom is 0.0700 e. The van der Waals surface area contributed by atoms with Crippen LogP contribution in [0.25, 0.3) is 0 Å². The monoisotopic (exact) mass is 426 g/mol. The molecule has 2 N–H and O–H groups in total. The number of halogens is 2. The van der Waals surface area contributed by atoms with Crippen LogP contribution in [0.2, 0.25) is 0 Å². The first-order valence-electron chi connectivity index (χ1n) is 11.1. The van der Waals surface area contributed by atoms with Crippen molar-refractivity contribution in [2.75, 3.05) is 11.8 Å². The molecule has 0 aliphatic heterocycles. The van der Waals surface area contributed by atoms with Crippen LogP contribution in [-0.2, 0) is 4.74 Å². The first-order chi connectivity index (χ1) is 13.0. The number of hydrogen-bond acceptors (Lipinski definition) is 3. The zero-order chi connectivity index (χ0) is 20.7. The predicted molar refractivity (Wildman–Crippen MR) is 118 cm³/mol. The van der Waals surface area contributed by atoms with Crippen LogP contribution in [0.1, 0.15) is 91.9 Å². The van der Waals surface area contributed by atoms with Gasteiger partial charge in [-0.2, -0.15) is 0 Å². The van der Waals surface area contributed by atoms with Crippen molar-refractivity contribution in [3.05, 3.63) is 0 Å². The predicted octanol–water partition coefficient (Wildman–Crippen LogP) is 6.15. The van der Waals surface area contributed by atoms with Gasteiger partial charge < -0.3 is 14.9 Å². The summed E-state index contributed by atoms with van der Waals surface area (Å²) in [5.74, 6) is 1.27. The Bertz CT molecular complexity index is 301. The van der Waals surface area contributed by atoms with Crippen molar-refractivity contribution in [3.8, 4) is 0 Å². The van der Waals surface area contributed by atoms with Gasteiger partial charge in [-0.15, -0.1) is 23.2 Å². The average molecular weight is 427 g/mol. The van der Waals surface area contributed by atoms with E-state index in [1.807, 2.05) is 0 Å².